The van der Waals surface area contributed by atoms with Crippen molar-refractivity contribution in [3.63, 3.8) is 0 Å². The van der Waals surface area contributed by atoms with Crippen molar-refractivity contribution >= 4 is 23.2 Å². The first-order chi connectivity index (χ1) is 13.7. The molecule has 0 fully saturated rings. The smallest absolute Gasteiger partial charge is 0.262 e. The molecule has 28 heavy (non-hydrogen) atoms. The highest BCUT2D eigenvalue weighted by atomic mass is 35.5. The molecule has 1 amide bonds. The summed E-state index contributed by atoms with van der Waals surface area (Å²) < 4.78 is 9.15. The van der Waals surface area contributed by atoms with E-state index in [2.05, 4.69) is 15.4 Å². The predicted octanol–water partition coefficient (Wildman–Crippen LogP) is 3.71. The van der Waals surface area contributed by atoms with Gasteiger partial charge in [-0.15, -0.1) is 0 Å². The molecule has 0 radical (unpaired) electrons. The van der Waals surface area contributed by atoms with Crippen LogP contribution in [0, 0.1) is 0 Å². The zero-order valence-electron chi connectivity index (χ0n) is 14.5. The molecule has 5 rings (SSSR count). The summed E-state index contributed by atoms with van der Waals surface area (Å²) in [4.78, 5) is 16.2. The summed E-state index contributed by atoms with van der Waals surface area (Å²) in [6.45, 7) is -0.0430. The molecule has 4 aromatic rings. The van der Waals surface area contributed by atoms with Gasteiger partial charge in [0.1, 0.15) is 5.69 Å². The van der Waals surface area contributed by atoms with Gasteiger partial charge in [-0.25, -0.2) is 9.67 Å². The van der Waals surface area contributed by atoms with Crippen molar-refractivity contribution in [2.75, 3.05) is 11.9 Å². The molecule has 8 heteroatoms. The van der Waals surface area contributed by atoms with Gasteiger partial charge in [-0.1, -0.05) is 29.8 Å². The second-order valence-corrected chi connectivity index (χ2v) is 6.63. The average Bonchev–Trinajstić information content (AvgIpc) is 3.37. The number of amides is 1. The molecule has 3 heterocycles. The van der Waals surface area contributed by atoms with E-state index in [-0.39, 0.29) is 12.5 Å². The Morgan fingerprint density at radius 2 is 1.93 bits per heavy atom. The van der Waals surface area contributed by atoms with Gasteiger partial charge in [0, 0.05) is 12.4 Å². The molecule has 0 saturated heterocycles. The molecule has 1 aliphatic rings. The summed E-state index contributed by atoms with van der Waals surface area (Å²) in [6.07, 6.45) is 5.27. The van der Waals surface area contributed by atoms with Gasteiger partial charge in [-0.3, -0.25) is 9.36 Å². The maximum atomic E-state index is 11.7. The number of rotatable bonds is 3. The third-order valence-electron chi connectivity index (χ3n) is 4.44. The molecule has 0 bridgehead atoms. The minimum Gasteiger partial charge on any atom is -0.480 e. The lowest BCUT2D eigenvalue weighted by molar-refractivity contribution is -0.118. The second kappa shape index (κ2) is 6.54. The van der Waals surface area contributed by atoms with Crippen molar-refractivity contribution in [3.05, 3.63) is 72.1 Å². The lowest BCUT2D eigenvalue weighted by Crippen LogP contribution is -2.25. The topological polar surface area (TPSA) is 74.0 Å². The standard InChI is InChI=1S/C20H14ClN5O2/c21-15-10-14(11-16-19(15)28-12-18(27)24-16)25-9-8-22-20(25)17-6-7-23-26(17)13-4-2-1-3-5-13/h1-11H,12H2,(H,24,27). The van der Waals surface area contributed by atoms with Gasteiger partial charge in [0.25, 0.3) is 5.91 Å². The maximum Gasteiger partial charge on any atom is 0.262 e. The van der Waals surface area contributed by atoms with Crippen LogP contribution in [-0.2, 0) is 4.79 Å². The van der Waals surface area contributed by atoms with Crippen molar-refractivity contribution in [2.24, 2.45) is 0 Å². The summed E-state index contributed by atoms with van der Waals surface area (Å²) in [5.41, 5.74) is 3.05. The number of nitrogens with zero attached hydrogens (tertiary/aromatic N) is 4. The third kappa shape index (κ3) is 2.73. The summed E-state index contributed by atoms with van der Waals surface area (Å²) in [7, 11) is 0. The molecule has 0 aliphatic carbocycles. The van der Waals surface area contributed by atoms with E-state index in [1.54, 1.807) is 18.5 Å². The molecule has 138 valence electrons. The number of carbonyl (C=O) groups excluding carboxylic acids is 1. The first-order valence-electron chi connectivity index (χ1n) is 8.60. The molecular formula is C20H14ClN5O2. The van der Waals surface area contributed by atoms with E-state index in [1.807, 2.05) is 57.9 Å². The Balaban J connectivity index is 1.63. The highest BCUT2D eigenvalue weighted by Gasteiger charge is 2.21. The Kier molecular flexibility index (Phi) is 3.87. The van der Waals surface area contributed by atoms with Gasteiger partial charge in [0.15, 0.2) is 18.2 Å². The molecule has 0 unspecified atom stereocenters. The molecule has 2 aromatic heterocycles. The summed E-state index contributed by atoms with van der Waals surface area (Å²) in [5.74, 6) is 0.954. The van der Waals surface area contributed by atoms with Crippen molar-refractivity contribution in [2.45, 2.75) is 0 Å². The van der Waals surface area contributed by atoms with Crippen LogP contribution in [0.5, 0.6) is 5.75 Å². The first-order valence-corrected chi connectivity index (χ1v) is 8.98. The van der Waals surface area contributed by atoms with E-state index < -0.39 is 0 Å². The Hall–Kier alpha value is -3.58. The van der Waals surface area contributed by atoms with Crippen LogP contribution in [0.15, 0.2) is 67.1 Å². The number of hydrogen-bond acceptors (Lipinski definition) is 4. The van der Waals surface area contributed by atoms with Crippen LogP contribution in [0.4, 0.5) is 5.69 Å². The number of fused-ring (bicyclic) bond motifs is 1. The fraction of sp³-hybridized carbons (Fsp3) is 0.0500. The van der Waals surface area contributed by atoms with Crippen LogP contribution in [0.25, 0.3) is 22.9 Å². The van der Waals surface area contributed by atoms with Crippen molar-refractivity contribution in [1.82, 2.24) is 19.3 Å². The average molecular weight is 392 g/mol. The lowest BCUT2D eigenvalue weighted by atomic mass is 10.2. The van der Waals surface area contributed by atoms with E-state index in [0.29, 0.717) is 22.3 Å². The van der Waals surface area contributed by atoms with Gasteiger partial charge in [0.2, 0.25) is 0 Å². The third-order valence-corrected chi connectivity index (χ3v) is 4.72. The van der Waals surface area contributed by atoms with Gasteiger partial charge < -0.3 is 10.1 Å². The molecule has 1 aliphatic heterocycles. The van der Waals surface area contributed by atoms with E-state index in [4.69, 9.17) is 16.3 Å². The Morgan fingerprint density at radius 3 is 2.79 bits per heavy atom. The number of carbonyl (C=O) groups is 1. The van der Waals surface area contributed by atoms with Crippen LogP contribution in [-0.4, -0.2) is 31.8 Å². The van der Waals surface area contributed by atoms with Crippen molar-refractivity contribution in [1.29, 1.82) is 0 Å². The SMILES string of the molecule is O=C1COc2c(Cl)cc(-n3ccnc3-c3ccnn3-c3ccccc3)cc2N1. The minimum absolute atomic E-state index is 0.0430. The summed E-state index contributed by atoms with van der Waals surface area (Å²) >= 11 is 6.39. The Bertz CT molecular complexity index is 1180. The van der Waals surface area contributed by atoms with Crippen LogP contribution in [0.3, 0.4) is 0 Å². The molecule has 0 saturated carbocycles. The van der Waals surface area contributed by atoms with E-state index in [1.165, 1.54) is 0 Å². The quantitative estimate of drug-likeness (QED) is 0.577. The van der Waals surface area contributed by atoms with E-state index in [9.17, 15) is 4.79 Å². The fourth-order valence-corrected chi connectivity index (χ4v) is 3.50. The highest BCUT2D eigenvalue weighted by Crippen LogP contribution is 2.38. The number of imidazole rings is 1. The van der Waals surface area contributed by atoms with Gasteiger partial charge in [-0.2, -0.15) is 5.10 Å². The monoisotopic (exact) mass is 391 g/mol. The summed E-state index contributed by atoms with van der Waals surface area (Å²) in [6, 6.07) is 15.3. The van der Waals surface area contributed by atoms with Gasteiger partial charge in [0.05, 0.1) is 28.3 Å². The van der Waals surface area contributed by atoms with Crippen LogP contribution < -0.4 is 10.1 Å². The zero-order valence-corrected chi connectivity index (χ0v) is 15.3. The number of anilines is 1. The number of benzene rings is 2. The number of nitrogens with one attached hydrogen (secondary N) is 1. The van der Waals surface area contributed by atoms with Gasteiger partial charge >= 0.3 is 0 Å². The van der Waals surface area contributed by atoms with Gasteiger partial charge in [-0.05, 0) is 30.3 Å². The maximum absolute atomic E-state index is 11.7. The first kappa shape index (κ1) is 16.6. The summed E-state index contributed by atoms with van der Waals surface area (Å²) in [5, 5.41) is 7.65. The number of ether oxygens (including phenoxy) is 1. The second-order valence-electron chi connectivity index (χ2n) is 6.23. The minimum atomic E-state index is -0.214. The normalized spacial score (nSPS) is 13.0. The molecule has 2 aromatic carbocycles. The van der Waals surface area contributed by atoms with Crippen molar-refractivity contribution in [3.8, 4) is 28.6 Å². The Morgan fingerprint density at radius 1 is 1.07 bits per heavy atom. The number of aromatic nitrogens is 4. The fourth-order valence-electron chi connectivity index (χ4n) is 3.23. The lowest BCUT2D eigenvalue weighted by Gasteiger charge is -2.20. The van der Waals surface area contributed by atoms with Crippen LogP contribution in [0.2, 0.25) is 5.02 Å². The number of halogens is 1. The van der Waals surface area contributed by atoms with Crippen LogP contribution in [0.1, 0.15) is 0 Å². The van der Waals surface area contributed by atoms with Crippen LogP contribution >= 0.6 is 11.6 Å². The zero-order chi connectivity index (χ0) is 19.1. The predicted molar refractivity (Wildman–Crippen MR) is 105 cm³/mol. The molecule has 0 atom stereocenters. The Labute approximate surface area is 165 Å². The molecule has 1 N–H and O–H groups in total. The highest BCUT2D eigenvalue weighted by molar-refractivity contribution is 6.33. The van der Waals surface area contributed by atoms with Crippen molar-refractivity contribution < 1.29 is 9.53 Å². The molecule has 0 spiro atoms. The van der Waals surface area contributed by atoms with E-state index >= 15 is 0 Å². The largest absolute Gasteiger partial charge is 0.480 e. The molecular weight excluding hydrogens is 378 g/mol. The number of para-hydroxylation sites is 1. The van der Waals surface area contributed by atoms with E-state index in [0.717, 1.165) is 17.1 Å². The molecule has 7 nitrogen and oxygen atoms in total. The number of hydrogen-bond donors (Lipinski definition) is 1.